The first-order valence-corrected chi connectivity index (χ1v) is 8.49. The highest BCUT2D eigenvalue weighted by Gasteiger charge is 2.19. The predicted octanol–water partition coefficient (Wildman–Crippen LogP) is 2.73. The Morgan fingerprint density at radius 2 is 2.29 bits per heavy atom. The van der Waals surface area contributed by atoms with E-state index in [0.29, 0.717) is 12.0 Å². The number of nitrogens with two attached hydrogens (primary N) is 1. The number of nitrogens with zero attached hydrogens (tertiary/aromatic N) is 3. The molecule has 1 fully saturated rings. The van der Waals surface area contributed by atoms with E-state index in [9.17, 15) is 0 Å². The average molecular weight is 305 g/mol. The molecule has 0 amide bonds. The Balaban J connectivity index is 1.80. The van der Waals surface area contributed by atoms with Gasteiger partial charge in [-0.3, -0.25) is 0 Å². The summed E-state index contributed by atoms with van der Waals surface area (Å²) in [6.07, 6.45) is 4.89. The van der Waals surface area contributed by atoms with Crippen LogP contribution in [0.2, 0.25) is 0 Å². The smallest absolute Gasteiger partial charge is 0.223 e. The zero-order valence-corrected chi connectivity index (χ0v) is 13.5. The van der Waals surface area contributed by atoms with E-state index in [1.165, 1.54) is 30.7 Å². The van der Waals surface area contributed by atoms with Crippen LogP contribution >= 0.6 is 11.3 Å². The molecule has 1 saturated heterocycles. The van der Waals surface area contributed by atoms with Crippen LogP contribution in [0.15, 0.2) is 6.07 Å². The first-order valence-electron chi connectivity index (χ1n) is 7.67. The van der Waals surface area contributed by atoms with Crippen molar-refractivity contribution in [2.75, 3.05) is 31.2 Å². The number of hydrogen-bond acceptors (Lipinski definition) is 6. The summed E-state index contributed by atoms with van der Waals surface area (Å²) in [7, 11) is 2.20. The zero-order valence-electron chi connectivity index (χ0n) is 12.7. The molecule has 0 spiro atoms. The molecule has 1 aliphatic heterocycles. The summed E-state index contributed by atoms with van der Waals surface area (Å²) >= 11 is 1.71. The Morgan fingerprint density at radius 1 is 1.43 bits per heavy atom. The molecule has 0 bridgehead atoms. The van der Waals surface area contributed by atoms with Gasteiger partial charge in [-0.25, -0.2) is 4.98 Å². The fourth-order valence-electron chi connectivity index (χ4n) is 2.91. The van der Waals surface area contributed by atoms with Crippen molar-refractivity contribution in [2.24, 2.45) is 0 Å². The molecule has 3 rings (SSSR count). The predicted molar refractivity (Wildman–Crippen MR) is 90.0 cm³/mol. The van der Waals surface area contributed by atoms with Gasteiger partial charge >= 0.3 is 0 Å². The molecule has 3 N–H and O–H groups in total. The van der Waals surface area contributed by atoms with Crippen LogP contribution in [0.25, 0.3) is 10.2 Å². The number of aromatic nitrogens is 2. The van der Waals surface area contributed by atoms with E-state index in [1.807, 2.05) is 0 Å². The summed E-state index contributed by atoms with van der Waals surface area (Å²) in [5.74, 6) is 1.24. The lowest BCUT2D eigenvalue weighted by Crippen LogP contribution is -2.40. The second kappa shape index (κ2) is 6.15. The molecule has 21 heavy (non-hydrogen) atoms. The molecule has 0 radical (unpaired) electrons. The summed E-state index contributed by atoms with van der Waals surface area (Å²) in [5.41, 5.74) is 5.85. The highest BCUT2D eigenvalue weighted by atomic mass is 32.1. The van der Waals surface area contributed by atoms with E-state index in [2.05, 4.69) is 40.2 Å². The standard InChI is InChI=1S/C15H23N5S/c1-3-11-8-12-13(18-15(16)19-14(12)21-11)17-9-10-6-4-5-7-20(10)2/h8,10H,3-7,9H2,1-2H3,(H3,16,17,18,19). The topological polar surface area (TPSA) is 67.1 Å². The van der Waals surface area contributed by atoms with Crippen LogP contribution in [-0.2, 0) is 6.42 Å². The van der Waals surface area contributed by atoms with Crippen molar-refractivity contribution in [1.29, 1.82) is 0 Å². The van der Waals surface area contributed by atoms with Crippen molar-refractivity contribution in [3.8, 4) is 0 Å². The van der Waals surface area contributed by atoms with Gasteiger partial charge in [0.05, 0.1) is 5.39 Å². The summed E-state index contributed by atoms with van der Waals surface area (Å²) in [4.78, 5) is 13.5. The molecule has 1 aliphatic rings. The number of nitrogen functional groups attached to an aromatic ring is 1. The number of fused-ring (bicyclic) bond motifs is 1. The van der Waals surface area contributed by atoms with Gasteiger partial charge in [-0.1, -0.05) is 13.3 Å². The van der Waals surface area contributed by atoms with E-state index < -0.39 is 0 Å². The molecule has 2 aromatic rings. The number of rotatable bonds is 4. The Morgan fingerprint density at radius 3 is 3.05 bits per heavy atom. The van der Waals surface area contributed by atoms with Crippen molar-refractivity contribution < 1.29 is 0 Å². The molecule has 1 atom stereocenters. The minimum atomic E-state index is 0.353. The van der Waals surface area contributed by atoms with Gasteiger partial charge in [0.15, 0.2) is 0 Å². The summed E-state index contributed by atoms with van der Waals surface area (Å²) < 4.78 is 0. The molecular weight excluding hydrogens is 282 g/mol. The molecule has 2 aromatic heterocycles. The first-order chi connectivity index (χ1) is 10.2. The molecule has 0 saturated carbocycles. The molecule has 114 valence electrons. The summed E-state index contributed by atoms with van der Waals surface area (Å²) in [6, 6.07) is 2.76. The van der Waals surface area contributed by atoms with Gasteiger partial charge in [0.2, 0.25) is 5.95 Å². The molecule has 5 nitrogen and oxygen atoms in total. The largest absolute Gasteiger partial charge is 0.368 e. The number of hydrogen-bond donors (Lipinski definition) is 2. The van der Waals surface area contributed by atoms with Gasteiger partial charge in [-0.15, -0.1) is 11.3 Å². The molecule has 0 aromatic carbocycles. The Bertz CT molecular complexity index is 624. The minimum absolute atomic E-state index is 0.353. The fourth-order valence-corrected chi connectivity index (χ4v) is 3.89. The number of anilines is 2. The number of likely N-dealkylation sites (N-methyl/N-ethyl adjacent to an activating group) is 1. The van der Waals surface area contributed by atoms with Gasteiger partial charge < -0.3 is 16.0 Å². The lowest BCUT2D eigenvalue weighted by Gasteiger charge is -2.32. The van der Waals surface area contributed by atoms with Gasteiger partial charge in [0, 0.05) is 17.5 Å². The number of nitrogens with one attached hydrogen (secondary N) is 1. The maximum Gasteiger partial charge on any atom is 0.223 e. The molecule has 6 heteroatoms. The van der Waals surface area contributed by atoms with Crippen LogP contribution in [0.4, 0.5) is 11.8 Å². The second-order valence-electron chi connectivity index (χ2n) is 5.73. The van der Waals surface area contributed by atoms with Crippen molar-refractivity contribution in [2.45, 2.75) is 38.6 Å². The molecular formula is C15H23N5S. The zero-order chi connectivity index (χ0) is 14.8. The second-order valence-corrected chi connectivity index (χ2v) is 6.84. The van der Waals surface area contributed by atoms with Crippen molar-refractivity contribution in [3.05, 3.63) is 10.9 Å². The van der Waals surface area contributed by atoms with Crippen LogP contribution in [0, 0.1) is 0 Å². The average Bonchev–Trinajstić information content (AvgIpc) is 2.89. The van der Waals surface area contributed by atoms with E-state index in [-0.39, 0.29) is 0 Å². The van der Waals surface area contributed by atoms with Crippen LogP contribution in [0.1, 0.15) is 31.1 Å². The van der Waals surface area contributed by atoms with Crippen molar-refractivity contribution in [1.82, 2.24) is 14.9 Å². The van der Waals surface area contributed by atoms with E-state index in [1.54, 1.807) is 11.3 Å². The van der Waals surface area contributed by atoms with Gasteiger partial charge in [0.1, 0.15) is 10.6 Å². The maximum absolute atomic E-state index is 5.85. The first kappa shape index (κ1) is 14.5. The monoisotopic (exact) mass is 305 g/mol. The van der Waals surface area contributed by atoms with E-state index in [4.69, 9.17) is 5.73 Å². The van der Waals surface area contributed by atoms with Crippen LogP contribution in [0.3, 0.4) is 0 Å². The number of thiophene rings is 1. The fraction of sp³-hybridized carbons (Fsp3) is 0.600. The van der Waals surface area contributed by atoms with Crippen LogP contribution in [-0.4, -0.2) is 41.0 Å². The Kier molecular flexibility index (Phi) is 4.26. The number of aryl methyl sites for hydroxylation is 1. The normalized spacial score (nSPS) is 20.0. The van der Waals surface area contributed by atoms with Gasteiger partial charge in [-0.2, -0.15) is 4.98 Å². The number of likely N-dealkylation sites (tertiary alicyclic amines) is 1. The van der Waals surface area contributed by atoms with Crippen LogP contribution in [0.5, 0.6) is 0 Å². The lowest BCUT2D eigenvalue weighted by molar-refractivity contribution is 0.194. The lowest BCUT2D eigenvalue weighted by atomic mass is 10.0. The highest BCUT2D eigenvalue weighted by Crippen LogP contribution is 2.30. The van der Waals surface area contributed by atoms with Crippen LogP contribution < -0.4 is 11.1 Å². The summed E-state index contributed by atoms with van der Waals surface area (Å²) in [5, 5.41) is 4.60. The SMILES string of the molecule is CCc1cc2c(NCC3CCCCN3C)nc(N)nc2s1. The third-order valence-electron chi connectivity index (χ3n) is 4.24. The quantitative estimate of drug-likeness (QED) is 0.909. The highest BCUT2D eigenvalue weighted by molar-refractivity contribution is 7.18. The third kappa shape index (κ3) is 3.11. The van der Waals surface area contributed by atoms with Gasteiger partial charge in [0.25, 0.3) is 0 Å². The van der Waals surface area contributed by atoms with E-state index >= 15 is 0 Å². The maximum atomic E-state index is 5.85. The molecule has 0 aliphatic carbocycles. The minimum Gasteiger partial charge on any atom is -0.368 e. The van der Waals surface area contributed by atoms with Gasteiger partial charge in [-0.05, 0) is 38.9 Å². The van der Waals surface area contributed by atoms with Crippen molar-refractivity contribution >= 4 is 33.3 Å². The molecule has 1 unspecified atom stereocenters. The number of piperidine rings is 1. The van der Waals surface area contributed by atoms with Crippen molar-refractivity contribution in [3.63, 3.8) is 0 Å². The molecule has 3 heterocycles. The Labute approximate surface area is 129 Å². The Hall–Kier alpha value is -1.40. The van der Waals surface area contributed by atoms with E-state index in [0.717, 1.165) is 29.0 Å². The third-order valence-corrected chi connectivity index (χ3v) is 5.41. The summed E-state index contributed by atoms with van der Waals surface area (Å²) in [6.45, 7) is 4.26.